The first-order chi connectivity index (χ1) is 13.4. The van der Waals surface area contributed by atoms with E-state index in [1.165, 1.54) is 5.56 Å². The smallest absolute Gasteiger partial charge is 0.243 e. The molecule has 0 saturated carbocycles. The van der Waals surface area contributed by atoms with E-state index in [-0.39, 0.29) is 17.0 Å². The molecular formula is C21H26N2O4S. The fourth-order valence-corrected chi connectivity index (χ4v) is 5.56. The van der Waals surface area contributed by atoms with Crippen molar-refractivity contribution in [2.45, 2.75) is 37.4 Å². The van der Waals surface area contributed by atoms with Crippen LogP contribution in [0.4, 0.5) is 0 Å². The van der Waals surface area contributed by atoms with Gasteiger partial charge in [0.1, 0.15) is 13.2 Å². The van der Waals surface area contributed by atoms with Crippen molar-refractivity contribution in [2.75, 3.05) is 26.3 Å². The van der Waals surface area contributed by atoms with E-state index in [1.807, 2.05) is 18.2 Å². The number of hydrogen-bond acceptors (Lipinski definition) is 5. The molecule has 1 saturated heterocycles. The number of nitrogens with zero attached hydrogens (tertiary/aromatic N) is 2. The second kappa shape index (κ2) is 7.73. The van der Waals surface area contributed by atoms with Gasteiger partial charge in [0.2, 0.25) is 10.0 Å². The molecule has 150 valence electrons. The van der Waals surface area contributed by atoms with Gasteiger partial charge in [-0.15, -0.1) is 0 Å². The number of sulfonamides is 1. The summed E-state index contributed by atoms with van der Waals surface area (Å²) in [5.41, 5.74) is 1.24. The van der Waals surface area contributed by atoms with Crippen molar-refractivity contribution in [2.24, 2.45) is 0 Å². The van der Waals surface area contributed by atoms with Crippen LogP contribution in [-0.4, -0.2) is 56.0 Å². The normalized spacial score (nSPS) is 23.5. The average Bonchev–Trinajstić information content (AvgIpc) is 2.71. The minimum atomic E-state index is -3.59. The van der Waals surface area contributed by atoms with E-state index < -0.39 is 10.0 Å². The Morgan fingerprint density at radius 1 is 0.929 bits per heavy atom. The van der Waals surface area contributed by atoms with Crippen LogP contribution in [0.2, 0.25) is 0 Å². The Labute approximate surface area is 166 Å². The predicted octanol–water partition coefficient (Wildman–Crippen LogP) is 2.74. The molecule has 2 heterocycles. The molecule has 2 aliphatic rings. The van der Waals surface area contributed by atoms with Gasteiger partial charge in [-0.25, -0.2) is 8.42 Å². The van der Waals surface area contributed by atoms with Gasteiger partial charge >= 0.3 is 0 Å². The molecule has 2 aliphatic heterocycles. The van der Waals surface area contributed by atoms with E-state index >= 15 is 0 Å². The molecule has 2 atom stereocenters. The number of hydrogen-bond donors (Lipinski definition) is 0. The maximum atomic E-state index is 13.2. The van der Waals surface area contributed by atoms with Crippen LogP contribution in [0.3, 0.4) is 0 Å². The predicted molar refractivity (Wildman–Crippen MR) is 107 cm³/mol. The molecule has 2 aromatic rings. The highest BCUT2D eigenvalue weighted by molar-refractivity contribution is 7.89. The fourth-order valence-electron chi connectivity index (χ4n) is 3.94. The number of rotatable bonds is 4. The van der Waals surface area contributed by atoms with Gasteiger partial charge in [0, 0.05) is 37.8 Å². The summed E-state index contributed by atoms with van der Waals surface area (Å²) < 4.78 is 39.1. The maximum Gasteiger partial charge on any atom is 0.243 e. The van der Waals surface area contributed by atoms with Crippen molar-refractivity contribution in [3.05, 3.63) is 54.1 Å². The summed E-state index contributed by atoms with van der Waals surface area (Å²) in [5, 5.41) is 0. The average molecular weight is 403 g/mol. The molecule has 7 heteroatoms. The van der Waals surface area contributed by atoms with Crippen LogP contribution < -0.4 is 9.47 Å². The van der Waals surface area contributed by atoms with Crippen LogP contribution >= 0.6 is 0 Å². The molecule has 2 aromatic carbocycles. The molecule has 0 N–H and O–H groups in total. The van der Waals surface area contributed by atoms with Gasteiger partial charge in [0.25, 0.3) is 0 Å². The van der Waals surface area contributed by atoms with Crippen molar-refractivity contribution in [3.63, 3.8) is 0 Å². The zero-order valence-corrected chi connectivity index (χ0v) is 17.1. The summed E-state index contributed by atoms with van der Waals surface area (Å²) >= 11 is 0. The molecule has 4 rings (SSSR count). The second-order valence-electron chi connectivity index (χ2n) is 7.48. The molecule has 0 bridgehead atoms. The summed E-state index contributed by atoms with van der Waals surface area (Å²) in [7, 11) is -3.59. The quantitative estimate of drug-likeness (QED) is 0.787. The summed E-state index contributed by atoms with van der Waals surface area (Å²) in [6.45, 7) is 6.85. The number of fused-ring (bicyclic) bond motifs is 1. The van der Waals surface area contributed by atoms with Crippen LogP contribution in [0, 0.1) is 0 Å². The van der Waals surface area contributed by atoms with Gasteiger partial charge in [0.05, 0.1) is 4.90 Å². The van der Waals surface area contributed by atoms with Gasteiger partial charge in [-0.05, 0) is 31.5 Å². The Hall–Kier alpha value is -2.09. The number of benzene rings is 2. The molecule has 0 aliphatic carbocycles. The zero-order chi connectivity index (χ0) is 19.7. The molecule has 0 spiro atoms. The van der Waals surface area contributed by atoms with Crippen molar-refractivity contribution in [1.82, 2.24) is 9.21 Å². The molecule has 28 heavy (non-hydrogen) atoms. The highest BCUT2D eigenvalue weighted by Gasteiger charge is 2.36. The van der Waals surface area contributed by atoms with Gasteiger partial charge < -0.3 is 9.47 Å². The topological polar surface area (TPSA) is 59.1 Å². The summed E-state index contributed by atoms with van der Waals surface area (Å²) in [6, 6.07) is 15.4. The van der Waals surface area contributed by atoms with Crippen molar-refractivity contribution in [3.8, 4) is 11.5 Å². The highest BCUT2D eigenvalue weighted by atomic mass is 32.2. The zero-order valence-electron chi connectivity index (χ0n) is 16.2. The first-order valence-corrected chi connectivity index (χ1v) is 11.1. The monoisotopic (exact) mass is 402 g/mol. The lowest BCUT2D eigenvalue weighted by Crippen LogP contribution is -2.57. The third kappa shape index (κ3) is 3.74. The summed E-state index contributed by atoms with van der Waals surface area (Å²) in [5.74, 6) is 1.09. The lowest BCUT2D eigenvalue weighted by molar-refractivity contribution is 0.0698. The summed E-state index contributed by atoms with van der Waals surface area (Å²) in [4.78, 5) is 2.62. The molecule has 0 radical (unpaired) electrons. The largest absolute Gasteiger partial charge is 0.486 e. The van der Waals surface area contributed by atoms with Gasteiger partial charge in [0.15, 0.2) is 11.5 Å². The lowest BCUT2D eigenvalue weighted by atomic mass is 10.1. The van der Waals surface area contributed by atoms with E-state index in [9.17, 15) is 8.42 Å². The number of piperazine rings is 1. The highest BCUT2D eigenvalue weighted by Crippen LogP contribution is 2.34. The van der Waals surface area contributed by atoms with Crippen LogP contribution in [-0.2, 0) is 16.6 Å². The second-order valence-corrected chi connectivity index (χ2v) is 9.42. The first kappa shape index (κ1) is 19.2. The van der Waals surface area contributed by atoms with Crippen molar-refractivity contribution >= 4 is 10.0 Å². The maximum absolute atomic E-state index is 13.2. The molecular weight excluding hydrogens is 376 g/mol. The van der Waals surface area contributed by atoms with Crippen LogP contribution in [0.1, 0.15) is 19.4 Å². The van der Waals surface area contributed by atoms with Gasteiger partial charge in [-0.3, -0.25) is 4.90 Å². The van der Waals surface area contributed by atoms with E-state index in [1.54, 1.807) is 22.5 Å². The Morgan fingerprint density at radius 2 is 1.57 bits per heavy atom. The van der Waals surface area contributed by atoms with Crippen LogP contribution in [0.25, 0.3) is 0 Å². The number of ether oxygens (including phenoxy) is 2. The Kier molecular flexibility index (Phi) is 5.31. The minimum absolute atomic E-state index is 0.121. The fraction of sp³-hybridized carbons (Fsp3) is 0.429. The van der Waals surface area contributed by atoms with Crippen molar-refractivity contribution < 1.29 is 17.9 Å². The standard InChI is InChI=1S/C21H26N2O4S/c1-16-13-22(14-17(2)23(16)15-18-6-4-3-5-7-18)28(24,25)19-8-9-20-21(12-19)27-11-10-26-20/h3-9,12,16-17H,10-11,13-15H2,1-2H3. The van der Waals surface area contributed by atoms with Gasteiger partial charge in [-0.1, -0.05) is 30.3 Å². The Balaban J connectivity index is 1.52. The lowest BCUT2D eigenvalue weighted by Gasteiger charge is -2.43. The molecule has 6 nitrogen and oxygen atoms in total. The van der Waals surface area contributed by atoms with Crippen molar-refractivity contribution in [1.29, 1.82) is 0 Å². The van der Waals surface area contributed by atoms with Gasteiger partial charge in [-0.2, -0.15) is 4.31 Å². The van der Waals surface area contributed by atoms with Crippen LogP contribution in [0.5, 0.6) is 11.5 Å². The summed E-state index contributed by atoms with van der Waals surface area (Å²) in [6.07, 6.45) is 0. The van der Waals surface area contributed by atoms with E-state index in [4.69, 9.17) is 9.47 Å². The third-order valence-electron chi connectivity index (χ3n) is 5.43. The molecule has 0 amide bonds. The Morgan fingerprint density at radius 3 is 2.25 bits per heavy atom. The van der Waals surface area contributed by atoms with E-state index in [2.05, 4.69) is 30.9 Å². The Bertz CT molecular complexity index is 921. The third-order valence-corrected chi connectivity index (χ3v) is 7.26. The molecule has 2 unspecified atom stereocenters. The van der Waals surface area contributed by atoms with Crippen LogP contribution in [0.15, 0.2) is 53.4 Å². The minimum Gasteiger partial charge on any atom is -0.486 e. The first-order valence-electron chi connectivity index (χ1n) is 9.64. The van der Waals surface area contributed by atoms with E-state index in [0.29, 0.717) is 37.8 Å². The molecule has 0 aromatic heterocycles. The molecule has 1 fully saturated rings. The SMILES string of the molecule is CC1CN(S(=O)(=O)c2ccc3c(c2)OCCO3)CC(C)N1Cc1ccccc1. The van der Waals surface area contributed by atoms with E-state index in [0.717, 1.165) is 6.54 Å².